The van der Waals surface area contributed by atoms with Crippen LogP contribution in [0.5, 0.6) is 0 Å². The highest BCUT2D eigenvalue weighted by molar-refractivity contribution is 7.91. The number of alkyl halides is 3. The molecule has 3 rings (SSSR count). The molecule has 0 aliphatic carbocycles. The number of carbonyl (C=O) groups excluding carboxylic acids is 2. The van der Waals surface area contributed by atoms with E-state index in [1.54, 1.807) is 6.92 Å². The van der Waals surface area contributed by atoms with Crippen LogP contribution in [0.2, 0.25) is 0 Å². The van der Waals surface area contributed by atoms with Crippen molar-refractivity contribution in [3.8, 4) is 5.69 Å². The molecule has 2 aromatic rings. The molecule has 1 saturated heterocycles. The molecule has 1 amide bonds. The molecule has 11 heteroatoms. The fourth-order valence-corrected chi connectivity index (χ4v) is 5.68. The van der Waals surface area contributed by atoms with E-state index in [1.807, 2.05) is 0 Å². The van der Waals surface area contributed by atoms with Crippen molar-refractivity contribution < 1.29 is 31.2 Å². The summed E-state index contributed by atoms with van der Waals surface area (Å²) in [7, 11) is -3.29. The Balaban J connectivity index is 1.91. The molecule has 30 heavy (non-hydrogen) atoms. The van der Waals surface area contributed by atoms with Gasteiger partial charge in [-0.2, -0.15) is 18.3 Å². The Morgan fingerprint density at radius 1 is 1.23 bits per heavy atom. The maximum absolute atomic E-state index is 13.0. The highest BCUT2D eigenvalue weighted by atomic mass is 32.2. The molecule has 1 fully saturated rings. The summed E-state index contributed by atoms with van der Waals surface area (Å²) < 4.78 is 63.6. The van der Waals surface area contributed by atoms with Gasteiger partial charge in [0.2, 0.25) is 0 Å². The lowest BCUT2D eigenvalue weighted by Crippen LogP contribution is -2.49. The molecule has 2 heterocycles. The number of Topliss-reactive ketones (excluding diaryl/α,β-unsaturated/α-hetero) is 1. The largest absolute Gasteiger partial charge is 0.416 e. The van der Waals surface area contributed by atoms with Gasteiger partial charge in [-0.3, -0.25) is 9.59 Å². The van der Waals surface area contributed by atoms with Gasteiger partial charge in [0.1, 0.15) is 0 Å². The number of nitrogens with zero attached hydrogens (tertiary/aromatic N) is 2. The maximum Gasteiger partial charge on any atom is 0.416 e. The monoisotopic (exact) mass is 443 g/mol. The molecule has 0 spiro atoms. The molecule has 1 atom stereocenters. The first kappa shape index (κ1) is 22.0. The van der Waals surface area contributed by atoms with E-state index in [-0.39, 0.29) is 40.6 Å². The molecule has 1 aliphatic rings. The van der Waals surface area contributed by atoms with Gasteiger partial charge in [-0.15, -0.1) is 0 Å². The second-order valence-corrected chi connectivity index (χ2v) is 9.88. The minimum atomic E-state index is -4.54. The van der Waals surface area contributed by atoms with Gasteiger partial charge in [-0.25, -0.2) is 13.1 Å². The topological polar surface area (TPSA) is 98.1 Å². The number of hydrogen-bond donors (Lipinski definition) is 1. The SMILES string of the molecule is Cc1nn(-c2cccc(C(F)(F)F)c2)c(C)c1C(=O)C(=O)NC1(C)CCS(=O)(=O)C1. The van der Waals surface area contributed by atoms with Crippen molar-refractivity contribution >= 4 is 21.5 Å². The van der Waals surface area contributed by atoms with Gasteiger partial charge in [0.05, 0.1) is 45.2 Å². The predicted molar refractivity (Wildman–Crippen MR) is 102 cm³/mol. The summed E-state index contributed by atoms with van der Waals surface area (Å²) in [5, 5.41) is 6.62. The fraction of sp³-hybridized carbons (Fsp3) is 0.421. The van der Waals surface area contributed by atoms with E-state index in [0.29, 0.717) is 0 Å². The molecule has 1 aromatic carbocycles. The number of carbonyl (C=O) groups is 2. The minimum absolute atomic E-state index is 0.0330. The molecule has 1 aromatic heterocycles. The van der Waals surface area contributed by atoms with E-state index in [2.05, 4.69) is 10.4 Å². The quantitative estimate of drug-likeness (QED) is 0.578. The number of aryl methyl sites for hydroxylation is 1. The first-order valence-corrected chi connectivity index (χ1v) is 10.9. The number of sulfone groups is 1. The van der Waals surface area contributed by atoms with E-state index in [0.717, 1.165) is 12.1 Å². The number of nitrogens with one attached hydrogen (secondary N) is 1. The summed E-state index contributed by atoms with van der Waals surface area (Å²) in [4.78, 5) is 25.3. The highest BCUT2D eigenvalue weighted by Gasteiger charge is 2.41. The van der Waals surface area contributed by atoms with E-state index in [1.165, 1.54) is 30.7 Å². The second kappa shape index (κ2) is 7.22. The van der Waals surface area contributed by atoms with E-state index in [9.17, 15) is 31.2 Å². The van der Waals surface area contributed by atoms with Crippen LogP contribution in [0, 0.1) is 13.8 Å². The van der Waals surface area contributed by atoms with Gasteiger partial charge < -0.3 is 5.32 Å². The van der Waals surface area contributed by atoms with Crippen molar-refractivity contribution in [2.75, 3.05) is 11.5 Å². The molecule has 1 aliphatic heterocycles. The van der Waals surface area contributed by atoms with Gasteiger partial charge in [-0.1, -0.05) is 6.07 Å². The molecule has 0 radical (unpaired) electrons. The molecule has 1 N–H and O–H groups in total. The Labute approximate surface area is 171 Å². The lowest BCUT2D eigenvalue weighted by molar-refractivity contribution is -0.137. The van der Waals surface area contributed by atoms with Crippen LogP contribution < -0.4 is 5.32 Å². The summed E-state index contributed by atoms with van der Waals surface area (Å²) in [6, 6.07) is 4.46. The predicted octanol–water partition coefficient (Wildman–Crippen LogP) is 2.38. The van der Waals surface area contributed by atoms with Gasteiger partial charge in [0, 0.05) is 0 Å². The molecule has 7 nitrogen and oxygen atoms in total. The molecular weight excluding hydrogens is 423 g/mol. The zero-order chi connectivity index (χ0) is 22.5. The van der Waals surface area contributed by atoms with Crippen LogP contribution in [0.3, 0.4) is 0 Å². The third-order valence-corrected chi connectivity index (χ3v) is 6.96. The standard InChI is InChI=1S/C19H20F3N3O4S/c1-11-15(16(26)17(27)23-18(3)7-8-30(28,29)10-18)12(2)25(24-11)14-6-4-5-13(9-14)19(20,21)22/h4-6,9H,7-8,10H2,1-3H3,(H,23,27). The molecule has 1 unspecified atom stereocenters. The van der Waals surface area contributed by atoms with Crippen LogP contribution in [0.1, 0.15) is 40.7 Å². The number of halogens is 3. The van der Waals surface area contributed by atoms with Gasteiger partial charge in [-0.05, 0) is 45.4 Å². The summed E-state index contributed by atoms with van der Waals surface area (Å²) in [5.41, 5.74) is -1.48. The van der Waals surface area contributed by atoms with Crippen LogP contribution in [-0.2, 0) is 20.8 Å². The lowest BCUT2D eigenvalue weighted by atomic mass is 10.0. The zero-order valence-electron chi connectivity index (χ0n) is 16.5. The maximum atomic E-state index is 13.0. The van der Waals surface area contributed by atoms with E-state index < -0.39 is 38.8 Å². The average Bonchev–Trinajstić information content (AvgIpc) is 3.08. The Bertz CT molecular complexity index is 1140. The number of benzene rings is 1. The first-order valence-electron chi connectivity index (χ1n) is 9.04. The van der Waals surface area contributed by atoms with Crippen LogP contribution in [0.4, 0.5) is 13.2 Å². The number of ketones is 1. The first-order chi connectivity index (χ1) is 13.7. The Morgan fingerprint density at radius 3 is 2.47 bits per heavy atom. The molecular formula is C19H20F3N3O4S. The van der Waals surface area contributed by atoms with Crippen LogP contribution in [-0.4, -0.2) is 46.9 Å². The van der Waals surface area contributed by atoms with Crippen LogP contribution in [0.25, 0.3) is 5.69 Å². The van der Waals surface area contributed by atoms with Crippen molar-refractivity contribution in [2.24, 2.45) is 0 Å². The highest BCUT2D eigenvalue weighted by Crippen LogP contribution is 2.31. The van der Waals surface area contributed by atoms with Crippen LogP contribution in [0.15, 0.2) is 24.3 Å². The van der Waals surface area contributed by atoms with E-state index >= 15 is 0 Å². The third kappa shape index (κ3) is 4.25. The van der Waals surface area contributed by atoms with Gasteiger partial charge >= 0.3 is 6.18 Å². The molecule has 162 valence electrons. The minimum Gasteiger partial charge on any atom is -0.343 e. The number of rotatable bonds is 4. The van der Waals surface area contributed by atoms with Gasteiger partial charge in [0.25, 0.3) is 11.7 Å². The Morgan fingerprint density at radius 2 is 1.90 bits per heavy atom. The van der Waals surface area contributed by atoms with Crippen molar-refractivity contribution in [3.05, 3.63) is 46.8 Å². The summed E-state index contributed by atoms with van der Waals surface area (Å²) in [5.74, 6) is -2.25. The summed E-state index contributed by atoms with van der Waals surface area (Å²) >= 11 is 0. The molecule has 0 saturated carbocycles. The Kier molecular flexibility index (Phi) is 5.30. The summed E-state index contributed by atoms with van der Waals surface area (Å²) in [6.45, 7) is 4.50. The van der Waals surface area contributed by atoms with Crippen molar-refractivity contribution in [1.82, 2.24) is 15.1 Å². The Hall–Kier alpha value is -2.69. The number of hydrogen-bond acceptors (Lipinski definition) is 5. The van der Waals surface area contributed by atoms with Crippen molar-refractivity contribution in [2.45, 2.75) is 38.9 Å². The van der Waals surface area contributed by atoms with E-state index in [4.69, 9.17) is 0 Å². The normalized spacial score (nSPS) is 20.9. The average molecular weight is 443 g/mol. The van der Waals surface area contributed by atoms with Gasteiger partial charge in [0.15, 0.2) is 9.84 Å². The third-order valence-electron chi connectivity index (χ3n) is 5.06. The lowest BCUT2D eigenvalue weighted by Gasteiger charge is -2.23. The van der Waals surface area contributed by atoms with Crippen molar-refractivity contribution in [3.63, 3.8) is 0 Å². The summed E-state index contributed by atoms with van der Waals surface area (Å²) in [6.07, 6.45) is -4.35. The van der Waals surface area contributed by atoms with Crippen molar-refractivity contribution in [1.29, 1.82) is 0 Å². The second-order valence-electron chi connectivity index (χ2n) is 7.69. The number of aromatic nitrogens is 2. The fourth-order valence-electron chi connectivity index (χ4n) is 3.59. The van der Waals surface area contributed by atoms with Crippen LogP contribution >= 0.6 is 0 Å². The molecule has 0 bridgehead atoms. The number of amides is 1. The zero-order valence-corrected chi connectivity index (χ0v) is 17.3. The smallest absolute Gasteiger partial charge is 0.343 e.